The van der Waals surface area contributed by atoms with E-state index in [2.05, 4.69) is 19.2 Å². The normalized spacial score (nSPS) is 31.8. The Balaban J connectivity index is 1.74. The van der Waals surface area contributed by atoms with Gasteiger partial charge < -0.3 is 5.32 Å². The molecule has 0 aromatic rings. The number of hydrogen-bond acceptors (Lipinski definition) is 1. The molecule has 2 rings (SSSR count). The van der Waals surface area contributed by atoms with E-state index in [1.54, 1.807) is 0 Å². The van der Waals surface area contributed by atoms with E-state index in [1.165, 1.54) is 38.5 Å². The van der Waals surface area contributed by atoms with E-state index in [4.69, 9.17) is 0 Å². The molecule has 2 atom stereocenters. The summed E-state index contributed by atoms with van der Waals surface area (Å²) in [6.07, 6.45) is 9.95. The zero-order valence-corrected chi connectivity index (χ0v) is 11.4. The maximum atomic E-state index is 12.0. The number of amides is 1. The minimum atomic E-state index is 0.299. The van der Waals surface area contributed by atoms with Crippen molar-refractivity contribution in [1.29, 1.82) is 0 Å². The first-order valence-electron chi connectivity index (χ1n) is 7.36. The number of rotatable bonds is 5. The molecule has 2 fully saturated rings. The van der Waals surface area contributed by atoms with Gasteiger partial charge in [0.2, 0.25) is 5.91 Å². The molecule has 0 aromatic heterocycles. The molecule has 2 heteroatoms. The van der Waals surface area contributed by atoms with Crippen LogP contribution in [0.1, 0.15) is 65.2 Å². The van der Waals surface area contributed by atoms with Gasteiger partial charge in [-0.2, -0.15) is 0 Å². The Labute approximate surface area is 106 Å². The van der Waals surface area contributed by atoms with Gasteiger partial charge in [0.1, 0.15) is 0 Å². The van der Waals surface area contributed by atoms with Crippen LogP contribution in [0.5, 0.6) is 0 Å². The van der Waals surface area contributed by atoms with Gasteiger partial charge in [-0.25, -0.2) is 0 Å². The maximum Gasteiger partial charge on any atom is 0.220 e. The van der Waals surface area contributed by atoms with Crippen LogP contribution in [0, 0.1) is 17.3 Å². The second-order valence-corrected chi connectivity index (χ2v) is 6.71. The average molecular weight is 237 g/mol. The van der Waals surface area contributed by atoms with Gasteiger partial charge in [0.15, 0.2) is 0 Å². The van der Waals surface area contributed by atoms with E-state index >= 15 is 0 Å². The Morgan fingerprint density at radius 3 is 2.94 bits per heavy atom. The van der Waals surface area contributed by atoms with E-state index < -0.39 is 0 Å². The molecule has 2 saturated carbocycles. The summed E-state index contributed by atoms with van der Waals surface area (Å²) in [6.45, 7) is 5.26. The molecule has 0 aliphatic heterocycles. The highest BCUT2D eigenvalue weighted by atomic mass is 16.1. The summed E-state index contributed by atoms with van der Waals surface area (Å²) < 4.78 is 0. The molecule has 2 aliphatic rings. The van der Waals surface area contributed by atoms with Crippen LogP contribution in [0.2, 0.25) is 0 Å². The summed E-state index contributed by atoms with van der Waals surface area (Å²) in [5.41, 5.74) is 0.394. The fourth-order valence-corrected chi connectivity index (χ4v) is 3.72. The van der Waals surface area contributed by atoms with Crippen molar-refractivity contribution >= 4 is 5.91 Å². The van der Waals surface area contributed by atoms with Crippen LogP contribution in [0.25, 0.3) is 0 Å². The van der Waals surface area contributed by atoms with Gasteiger partial charge in [0.05, 0.1) is 0 Å². The van der Waals surface area contributed by atoms with Gasteiger partial charge >= 0.3 is 0 Å². The molecule has 98 valence electrons. The smallest absolute Gasteiger partial charge is 0.220 e. The van der Waals surface area contributed by atoms with Gasteiger partial charge in [-0.05, 0) is 49.4 Å². The van der Waals surface area contributed by atoms with Crippen molar-refractivity contribution in [3.05, 3.63) is 0 Å². The van der Waals surface area contributed by atoms with Crippen LogP contribution in [-0.4, -0.2) is 12.5 Å². The SMILES string of the molecule is CC(C)CCNC(=O)CC12CCCC(CC1)C2. The number of carbonyl (C=O) groups excluding carboxylic acids is 1. The van der Waals surface area contributed by atoms with Crippen LogP contribution in [0.4, 0.5) is 0 Å². The molecule has 0 radical (unpaired) electrons. The van der Waals surface area contributed by atoms with E-state index in [-0.39, 0.29) is 0 Å². The fraction of sp³-hybridized carbons (Fsp3) is 0.933. The Kier molecular flexibility index (Phi) is 4.11. The van der Waals surface area contributed by atoms with Gasteiger partial charge in [-0.3, -0.25) is 4.79 Å². The van der Waals surface area contributed by atoms with Crippen LogP contribution in [0.3, 0.4) is 0 Å². The molecule has 0 heterocycles. The highest BCUT2D eigenvalue weighted by molar-refractivity contribution is 5.76. The second-order valence-electron chi connectivity index (χ2n) is 6.71. The number of fused-ring (bicyclic) bond motifs is 2. The maximum absolute atomic E-state index is 12.0. The zero-order valence-electron chi connectivity index (χ0n) is 11.4. The van der Waals surface area contributed by atoms with Crippen LogP contribution >= 0.6 is 0 Å². The molecule has 1 amide bonds. The zero-order chi connectivity index (χ0) is 12.3. The van der Waals surface area contributed by atoms with E-state index in [0.717, 1.165) is 25.3 Å². The van der Waals surface area contributed by atoms with Gasteiger partial charge in [-0.15, -0.1) is 0 Å². The number of nitrogens with one attached hydrogen (secondary N) is 1. The van der Waals surface area contributed by atoms with E-state index in [1.807, 2.05) is 0 Å². The molecular formula is C15H27NO. The third-order valence-electron chi connectivity index (χ3n) is 4.70. The third kappa shape index (κ3) is 3.46. The average Bonchev–Trinajstić information content (AvgIpc) is 2.53. The number of hydrogen-bond donors (Lipinski definition) is 1. The summed E-state index contributed by atoms with van der Waals surface area (Å²) in [6, 6.07) is 0. The summed E-state index contributed by atoms with van der Waals surface area (Å²) in [7, 11) is 0. The second kappa shape index (κ2) is 5.41. The van der Waals surface area contributed by atoms with Gasteiger partial charge in [-0.1, -0.05) is 26.7 Å². The van der Waals surface area contributed by atoms with Crippen LogP contribution in [0.15, 0.2) is 0 Å². The lowest BCUT2D eigenvalue weighted by atomic mass is 9.73. The van der Waals surface area contributed by atoms with Crippen molar-refractivity contribution in [2.45, 2.75) is 65.2 Å². The lowest BCUT2D eigenvalue weighted by Gasteiger charge is -2.32. The largest absolute Gasteiger partial charge is 0.356 e. The highest BCUT2D eigenvalue weighted by Crippen LogP contribution is 2.53. The molecule has 2 nitrogen and oxygen atoms in total. The molecule has 0 spiro atoms. The van der Waals surface area contributed by atoms with E-state index in [9.17, 15) is 4.79 Å². The first kappa shape index (κ1) is 12.9. The minimum Gasteiger partial charge on any atom is -0.356 e. The lowest BCUT2D eigenvalue weighted by molar-refractivity contribution is -0.123. The molecular weight excluding hydrogens is 210 g/mol. The van der Waals surface area contributed by atoms with Gasteiger partial charge in [0.25, 0.3) is 0 Å². The summed E-state index contributed by atoms with van der Waals surface area (Å²) in [5.74, 6) is 1.92. The predicted molar refractivity (Wildman–Crippen MR) is 70.7 cm³/mol. The molecule has 2 bridgehead atoms. The van der Waals surface area contributed by atoms with Crippen molar-refractivity contribution in [2.75, 3.05) is 6.54 Å². The monoisotopic (exact) mass is 237 g/mol. The molecule has 2 aliphatic carbocycles. The van der Waals surface area contributed by atoms with E-state index in [0.29, 0.717) is 17.2 Å². The van der Waals surface area contributed by atoms with Crippen LogP contribution < -0.4 is 5.32 Å². The lowest BCUT2D eigenvalue weighted by Crippen LogP contribution is -2.32. The predicted octanol–water partition coefficient (Wildman–Crippen LogP) is 3.51. The van der Waals surface area contributed by atoms with Crippen molar-refractivity contribution < 1.29 is 4.79 Å². The van der Waals surface area contributed by atoms with Crippen molar-refractivity contribution in [2.24, 2.45) is 17.3 Å². The summed E-state index contributed by atoms with van der Waals surface area (Å²) >= 11 is 0. The minimum absolute atomic E-state index is 0.299. The van der Waals surface area contributed by atoms with Gasteiger partial charge in [0, 0.05) is 13.0 Å². The summed E-state index contributed by atoms with van der Waals surface area (Å²) in [4.78, 5) is 12.0. The van der Waals surface area contributed by atoms with Crippen molar-refractivity contribution in [3.8, 4) is 0 Å². The molecule has 0 saturated heterocycles. The Hall–Kier alpha value is -0.530. The highest BCUT2D eigenvalue weighted by Gasteiger charge is 2.42. The Bertz CT molecular complexity index is 270. The van der Waals surface area contributed by atoms with Crippen LogP contribution in [-0.2, 0) is 4.79 Å². The van der Waals surface area contributed by atoms with Crippen molar-refractivity contribution in [3.63, 3.8) is 0 Å². The first-order chi connectivity index (χ1) is 8.10. The number of carbonyl (C=O) groups is 1. The standard InChI is InChI=1S/C15H27NO/c1-12(2)6-9-16-14(17)11-15-7-3-4-13(10-15)5-8-15/h12-13H,3-11H2,1-2H3,(H,16,17). The summed E-state index contributed by atoms with van der Waals surface area (Å²) in [5, 5.41) is 3.10. The molecule has 1 N–H and O–H groups in total. The molecule has 0 aromatic carbocycles. The Morgan fingerprint density at radius 2 is 2.18 bits per heavy atom. The van der Waals surface area contributed by atoms with Crippen molar-refractivity contribution in [1.82, 2.24) is 5.32 Å². The quantitative estimate of drug-likeness (QED) is 0.779. The topological polar surface area (TPSA) is 29.1 Å². The molecule has 2 unspecified atom stereocenters. The fourth-order valence-electron chi connectivity index (χ4n) is 3.72. The Morgan fingerprint density at radius 1 is 1.35 bits per heavy atom. The third-order valence-corrected chi connectivity index (χ3v) is 4.70. The molecule has 17 heavy (non-hydrogen) atoms. The first-order valence-corrected chi connectivity index (χ1v) is 7.36.